The van der Waals surface area contributed by atoms with Crippen LogP contribution in [0.2, 0.25) is 0 Å². The summed E-state index contributed by atoms with van der Waals surface area (Å²) in [4.78, 5) is 19.5. The smallest absolute Gasteiger partial charge is 0.166 e. The Kier molecular flexibility index (Phi) is 3.62. The van der Waals surface area contributed by atoms with Crippen LogP contribution in [0.4, 0.5) is 0 Å². The van der Waals surface area contributed by atoms with Gasteiger partial charge in [-0.05, 0) is 25.7 Å². The first kappa shape index (κ1) is 11.2. The van der Waals surface area contributed by atoms with Gasteiger partial charge in [-0.15, -0.1) is 0 Å². The Morgan fingerprint density at radius 1 is 1.44 bits per heavy atom. The molecule has 0 aromatic carbocycles. The average molecular weight is 220 g/mol. The Bertz CT molecular complexity index is 347. The van der Waals surface area contributed by atoms with E-state index < -0.39 is 0 Å². The van der Waals surface area contributed by atoms with E-state index in [0.29, 0.717) is 24.0 Å². The predicted molar refractivity (Wildman–Crippen MR) is 59.1 cm³/mol. The fourth-order valence-electron chi connectivity index (χ4n) is 2.04. The first-order valence-electron chi connectivity index (χ1n) is 5.69. The lowest BCUT2D eigenvalue weighted by atomic mass is 9.78. The van der Waals surface area contributed by atoms with E-state index in [-0.39, 0.29) is 5.78 Å². The van der Waals surface area contributed by atoms with Crippen molar-refractivity contribution >= 4 is 5.78 Å². The first-order valence-corrected chi connectivity index (χ1v) is 5.69. The van der Waals surface area contributed by atoms with Gasteiger partial charge in [0, 0.05) is 25.4 Å². The summed E-state index contributed by atoms with van der Waals surface area (Å²) < 4.78 is 5.46. The highest BCUT2D eigenvalue weighted by molar-refractivity contribution is 5.95. The summed E-state index contributed by atoms with van der Waals surface area (Å²) >= 11 is 0. The number of Topliss-reactive ketones (excluding diaryl/α,β-unsaturated/α-hetero) is 1. The van der Waals surface area contributed by atoms with Crippen LogP contribution in [0.3, 0.4) is 0 Å². The van der Waals surface area contributed by atoms with Crippen molar-refractivity contribution in [1.82, 2.24) is 9.97 Å². The number of nitrogens with zero attached hydrogens (tertiary/aromatic N) is 2. The monoisotopic (exact) mass is 220 g/mol. The Morgan fingerprint density at radius 3 is 2.75 bits per heavy atom. The minimum absolute atomic E-state index is 0.139. The molecular weight excluding hydrogens is 204 g/mol. The van der Waals surface area contributed by atoms with Gasteiger partial charge in [0.2, 0.25) is 0 Å². The number of carbonyl (C=O) groups is 1. The molecule has 0 N–H and O–H groups in total. The maximum Gasteiger partial charge on any atom is 0.166 e. The summed E-state index contributed by atoms with van der Waals surface area (Å²) in [5, 5.41) is 0. The largest absolute Gasteiger partial charge is 0.378 e. The molecule has 0 saturated heterocycles. The van der Waals surface area contributed by atoms with Gasteiger partial charge in [-0.1, -0.05) is 0 Å². The molecule has 1 fully saturated rings. The highest BCUT2D eigenvalue weighted by Gasteiger charge is 2.31. The van der Waals surface area contributed by atoms with E-state index in [0.717, 1.165) is 19.4 Å². The van der Waals surface area contributed by atoms with Crippen LogP contribution in [-0.2, 0) is 4.74 Å². The average Bonchev–Trinajstić information content (AvgIpc) is 2.27. The lowest BCUT2D eigenvalue weighted by Crippen LogP contribution is -2.32. The van der Waals surface area contributed by atoms with E-state index in [2.05, 4.69) is 9.97 Å². The molecule has 16 heavy (non-hydrogen) atoms. The van der Waals surface area contributed by atoms with Crippen molar-refractivity contribution in [3.63, 3.8) is 0 Å². The molecule has 0 spiro atoms. The molecule has 1 saturated carbocycles. The molecule has 0 aliphatic heterocycles. The second-order valence-corrected chi connectivity index (χ2v) is 4.17. The summed E-state index contributed by atoms with van der Waals surface area (Å²) in [6.07, 6.45) is 7.57. The van der Waals surface area contributed by atoms with Crippen LogP contribution in [0.1, 0.15) is 36.5 Å². The van der Waals surface area contributed by atoms with E-state index in [4.69, 9.17) is 4.74 Å². The van der Waals surface area contributed by atoms with Crippen molar-refractivity contribution in [1.29, 1.82) is 0 Å². The van der Waals surface area contributed by atoms with Crippen LogP contribution in [0, 0.1) is 5.92 Å². The fraction of sp³-hybridized carbons (Fsp3) is 0.583. The van der Waals surface area contributed by atoms with Gasteiger partial charge in [0.1, 0.15) is 6.33 Å². The molecule has 1 aromatic rings. The quantitative estimate of drug-likeness (QED) is 0.711. The number of hydrogen-bond donors (Lipinski definition) is 0. The van der Waals surface area contributed by atoms with Crippen LogP contribution < -0.4 is 0 Å². The Balaban J connectivity index is 1.78. The molecule has 0 atom stereocenters. The number of carbonyl (C=O) groups excluding carboxylic acids is 1. The highest BCUT2D eigenvalue weighted by atomic mass is 16.5. The van der Waals surface area contributed by atoms with Gasteiger partial charge in [-0.25, -0.2) is 9.97 Å². The summed E-state index contributed by atoms with van der Waals surface area (Å²) in [5.74, 6) is 0.616. The zero-order chi connectivity index (χ0) is 11.4. The molecule has 1 aliphatic rings. The van der Waals surface area contributed by atoms with Crippen LogP contribution in [0.25, 0.3) is 0 Å². The molecular formula is C12H16N2O2. The molecule has 0 radical (unpaired) electrons. The van der Waals surface area contributed by atoms with Gasteiger partial charge in [-0.2, -0.15) is 0 Å². The van der Waals surface area contributed by atoms with Gasteiger partial charge in [0.25, 0.3) is 0 Å². The zero-order valence-electron chi connectivity index (χ0n) is 9.43. The van der Waals surface area contributed by atoms with Crippen LogP contribution in [0.5, 0.6) is 0 Å². The van der Waals surface area contributed by atoms with Gasteiger partial charge in [-0.3, -0.25) is 4.79 Å². The number of ether oxygens (including phenoxy) is 1. The summed E-state index contributed by atoms with van der Waals surface area (Å²) in [6.45, 7) is 2.76. The molecule has 86 valence electrons. The third kappa shape index (κ3) is 2.64. The zero-order valence-corrected chi connectivity index (χ0v) is 9.43. The standard InChI is InChI=1S/C12H16N2O2/c1-2-16-11-3-9(4-11)5-12(15)10-6-13-8-14-7-10/h6-9,11H,2-5H2,1H3. The molecule has 4 heteroatoms. The lowest BCUT2D eigenvalue weighted by Gasteiger charge is -2.34. The molecule has 1 heterocycles. The second-order valence-electron chi connectivity index (χ2n) is 4.17. The maximum atomic E-state index is 11.8. The highest BCUT2D eigenvalue weighted by Crippen LogP contribution is 2.33. The number of ketones is 1. The van der Waals surface area contributed by atoms with E-state index in [1.54, 1.807) is 12.4 Å². The van der Waals surface area contributed by atoms with Gasteiger partial charge in [0.15, 0.2) is 5.78 Å². The molecule has 1 aliphatic carbocycles. The second kappa shape index (κ2) is 5.16. The van der Waals surface area contributed by atoms with Crippen molar-refractivity contribution in [3.05, 3.63) is 24.3 Å². The normalized spacial score (nSPS) is 23.8. The molecule has 0 bridgehead atoms. The van der Waals surface area contributed by atoms with E-state index in [1.807, 2.05) is 6.92 Å². The van der Waals surface area contributed by atoms with Gasteiger partial charge >= 0.3 is 0 Å². The van der Waals surface area contributed by atoms with Crippen molar-refractivity contribution in [2.24, 2.45) is 5.92 Å². The number of aromatic nitrogens is 2. The van der Waals surface area contributed by atoms with Crippen molar-refractivity contribution in [3.8, 4) is 0 Å². The molecule has 4 nitrogen and oxygen atoms in total. The minimum atomic E-state index is 0.139. The SMILES string of the molecule is CCOC1CC(CC(=O)c2cncnc2)C1. The fourth-order valence-corrected chi connectivity index (χ4v) is 2.04. The topological polar surface area (TPSA) is 52.1 Å². The van der Waals surface area contributed by atoms with Gasteiger partial charge < -0.3 is 4.74 Å². The first-order chi connectivity index (χ1) is 7.79. The summed E-state index contributed by atoms with van der Waals surface area (Å²) in [7, 11) is 0. The lowest BCUT2D eigenvalue weighted by molar-refractivity contribution is -0.0246. The Labute approximate surface area is 95.1 Å². The van der Waals surface area contributed by atoms with Gasteiger partial charge in [0.05, 0.1) is 11.7 Å². The third-order valence-corrected chi connectivity index (χ3v) is 2.95. The molecule has 0 amide bonds. The molecule has 0 unspecified atom stereocenters. The minimum Gasteiger partial charge on any atom is -0.378 e. The Hall–Kier alpha value is -1.29. The summed E-state index contributed by atoms with van der Waals surface area (Å²) in [5.41, 5.74) is 0.613. The molecule has 1 aromatic heterocycles. The number of rotatable bonds is 5. The van der Waals surface area contributed by atoms with Crippen LogP contribution in [0.15, 0.2) is 18.7 Å². The van der Waals surface area contributed by atoms with E-state index in [1.165, 1.54) is 6.33 Å². The predicted octanol–water partition coefficient (Wildman–Crippen LogP) is 1.86. The van der Waals surface area contributed by atoms with Crippen LogP contribution in [-0.4, -0.2) is 28.5 Å². The molecule has 2 rings (SSSR count). The number of hydrogen-bond acceptors (Lipinski definition) is 4. The summed E-state index contributed by atoms with van der Waals surface area (Å²) in [6, 6.07) is 0. The maximum absolute atomic E-state index is 11.8. The van der Waals surface area contributed by atoms with Crippen molar-refractivity contribution in [2.75, 3.05) is 6.61 Å². The van der Waals surface area contributed by atoms with Crippen LogP contribution >= 0.6 is 0 Å². The Morgan fingerprint density at radius 2 is 2.12 bits per heavy atom. The van der Waals surface area contributed by atoms with Crippen molar-refractivity contribution < 1.29 is 9.53 Å². The van der Waals surface area contributed by atoms with E-state index in [9.17, 15) is 4.79 Å². The van der Waals surface area contributed by atoms with Crippen molar-refractivity contribution in [2.45, 2.75) is 32.3 Å². The third-order valence-electron chi connectivity index (χ3n) is 2.95. The van der Waals surface area contributed by atoms with E-state index >= 15 is 0 Å².